The highest BCUT2D eigenvalue weighted by atomic mass is 32.2. The van der Waals surface area contributed by atoms with Crippen LogP contribution in [0.3, 0.4) is 0 Å². The van der Waals surface area contributed by atoms with Gasteiger partial charge in [-0.3, -0.25) is 4.18 Å². The summed E-state index contributed by atoms with van der Waals surface area (Å²) in [5.41, 5.74) is 2.79. The summed E-state index contributed by atoms with van der Waals surface area (Å²) in [6.45, 7) is -2.94. The molecule has 10 heteroatoms. The smallest absolute Gasteiger partial charge is 0.387 e. The van der Waals surface area contributed by atoms with Crippen LogP contribution in [0.25, 0.3) is 11.1 Å². The molecule has 1 aromatic heterocycles. The van der Waals surface area contributed by atoms with Crippen LogP contribution in [0, 0.1) is 0 Å². The molecule has 0 saturated carbocycles. The van der Waals surface area contributed by atoms with E-state index in [-0.39, 0.29) is 12.4 Å². The van der Waals surface area contributed by atoms with E-state index in [9.17, 15) is 17.2 Å². The highest BCUT2D eigenvalue weighted by Gasteiger charge is 2.07. The lowest BCUT2D eigenvalue weighted by molar-refractivity contribution is -0.0498. The quantitative estimate of drug-likeness (QED) is 0.551. The molecule has 0 atom stereocenters. The molecule has 0 saturated heterocycles. The maximum absolute atomic E-state index is 12.2. The molecule has 0 aliphatic carbocycles. The topological polar surface area (TPSA) is 90.4 Å². The number of hydrogen-bond donors (Lipinski definition) is 1. The number of nitrogens with one attached hydrogen (secondary N) is 1. The number of nitrogens with zero attached hydrogens (tertiary/aromatic N) is 2. The summed E-state index contributed by atoms with van der Waals surface area (Å²) in [5, 5.41) is 3.02. The van der Waals surface area contributed by atoms with Gasteiger partial charge in [0.25, 0.3) is 10.1 Å². The van der Waals surface area contributed by atoms with Crippen molar-refractivity contribution in [2.75, 3.05) is 11.6 Å². The summed E-state index contributed by atoms with van der Waals surface area (Å²) in [6.07, 6.45) is 4.17. The molecule has 0 aliphatic rings. The van der Waals surface area contributed by atoms with Crippen LogP contribution >= 0.6 is 0 Å². The predicted molar refractivity (Wildman–Crippen MR) is 103 cm³/mol. The molecule has 0 bridgehead atoms. The molecule has 0 unspecified atom stereocenters. The van der Waals surface area contributed by atoms with Gasteiger partial charge in [0.15, 0.2) is 0 Å². The van der Waals surface area contributed by atoms with Crippen molar-refractivity contribution in [3.63, 3.8) is 0 Å². The Hall–Kier alpha value is -3.11. The highest BCUT2D eigenvalue weighted by molar-refractivity contribution is 7.85. The molecule has 3 aromatic rings. The Morgan fingerprint density at radius 1 is 1.03 bits per heavy atom. The van der Waals surface area contributed by atoms with Crippen LogP contribution in [0.4, 0.5) is 20.4 Å². The average Bonchev–Trinajstić information content (AvgIpc) is 2.67. The summed E-state index contributed by atoms with van der Waals surface area (Å²) in [6, 6.07) is 13.1. The second-order valence-corrected chi connectivity index (χ2v) is 7.63. The monoisotopic (exact) mass is 421 g/mol. The van der Waals surface area contributed by atoms with E-state index in [0.717, 1.165) is 11.8 Å². The van der Waals surface area contributed by atoms with E-state index in [1.54, 1.807) is 48.8 Å². The van der Waals surface area contributed by atoms with Crippen LogP contribution in [-0.4, -0.2) is 31.3 Å². The van der Waals surface area contributed by atoms with Crippen LogP contribution in [-0.2, 0) is 20.9 Å². The molecule has 7 nitrogen and oxygen atoms in total. The molecule has 3 rings (SSSR count). The van der Waals surface area contributed by atoms with Gasteiger partial charge in [-0.1, -0.05) is 24.3 Å². The van der Waals surface area contributed by atoms with Gasteiger partial charge in [-0.2, -0.15) is 17.2 Å². The van der Waals surface area contributed by atoms with Gasteiger partial charge in [-0.05, 0) is 35.4 Å². The molecule has 2 aromatic carbocycles. The highest BCUT2D eigenvalue weighted by Crippen LogP contribution is 2.23. The first-order chi connectivity index (χ1) is 13.8. The molecular formula is C19H17F2N3O4S. The Bertz CT molecular complexity index is 1060. The Morgan fingerprint density at radius 3 is 2.34 bits per heavy atom. The maximum atomic E-state index is 12.2. The van der Waals surface area contributed by atoms with Crippen LogP contribution in [0.1, 0.15) is 5.56 Å². The number of ether oxygens (including phenoxy) is 1. The largest absolute Gasteiger partial charge is 0.435 e. The van der Waals surface area contributed by atoms with Gasteiger partial charge in [0.2, 0.25) is 5.95 Å². The number of anilines is 2. The van der Waals surface area contributed by atoms with Gasteiger partial charge in [0.1, 0.15) is 5.75 Å². The van der Waals surface area contributed by atoms with Crippen LogP contribution in [0.2, 0.25) is 0 Å². The van der Waals surface area contributed by atoms with Crippen molar-refractivity contribution in [2.45, 2.75) is 13.2 Å². The predicted octanol–water partition coefficient (Wildman–Crippen LogP) is 3.96. The minimum Gasteiger partial charge on any atom is -0.435 e. The van der Waals surface area contributed by atoms with Crippen molar-refractivity contribution in [1.82, 2.24) is 9.97 Å². The Morgan fingerprint density at radius 2 is 1.72 bits per heavy atom. The fraction of sp³-hybridized carbons (Fsp3) is 0.158. The van der Waals surface area contributed by atoms with E-state index in [1.165, 1.54) is 12.1 Å². The number of aromatic nitrogens is 2. The molecule has 0 aliphatic heterocycles. The second kappa shape index (κ2) is 8.93. The zero-order valence-corrected chi connectivity index (χ0v) is 16.1. The molecule has 152 valence electrons. The minimum absolute atomic E-state index is 0.0700. The summed E-state index contributed by atoms with van der Waals surface area (Å²) in [5.74, 6) is 0.412. The molecule has 0 spiro atoms. The number of hydrogen-bond acceptors (Lipinski definition) is 7. The fourth-order valence-electron chi connectivity index (χ4n) is 2.41. The molecule has 0 radical (unpaired) electrons. The number of benzene rings is 2. The number of rotatable bonds is 8. The van der Waals surface area contributed by atoms with Crippen molar-refractivity contribution in [1.29, 1.82) is 0 Å². The van der Waals surface area contributed by atoms with Gasteiger partial charge in [-0.25, -0.2) is 9.97 Å². The molecular weight excluding hydrogens is 404 g/mol. The van der Waals surface area contributed by atoms with E-state index >= 15 is 0 Å². The maximum Gasteiger partial charge on any atom is 0.387 e. The normalized spacial score (nSPS) is 11.4. The van der Waals surface area contributed by atoms with Crippen molar-refractivity contribution in [3.8, 4) is 16.9 Å². The molecule has 1 heterocycles. The van der Waals surface area contributed by atoms with Crippen LogP contribution in [0.15, 0.2) is 60.9 Å². The molecule has 0 fully saturated rings. The van der Waals surface area contributed by atoms with E-state index in [4.69, 9.17) is 4.18 Å². The molecule has 1 N–H and O–H groups in total. The van der Waals surface area contributed by atoms with E-state index in [0.29, 0.717) is 22.8 Å². The van der Waals surface area contributed by atoms with Gasteiger partial charge >= 0.3 is 6.61 Å². The molecule has 29 heavy (non-hydrogen) atoms. The van der Waals surface area contributed by atoms with Crippen LogP contribution < -0.4 is 10.1 Å². The Labute approximate surface area is 166 Å². The fourth-order valence-corrected chi connectivity index (χ4v) is 2.76. The lowest BCUT2D eigenvalue weighted by atomic mass is 10.1. The van der Waals surface area contributed by atoms with E-state index in [1.807, 2.05) is 0 Å². The van der Waals surface area contributed by atoms with Gasteiger partial charge in [0, 0.05) is 23.6 Å². The lowest BCUT2D eigenvalue weighted by Crippen LogP contribution is -2.03. The lowest BCUT2D eigenvalue weighted by Gasteiger charge is -2.08. The second-order valence-electron chi connectivity index (χ2n) is 5.99. The van der Waals surface area contributed by atoms with Gasteiger partial charge < -0.3 is 10.1 Å². The Balaban J connectivity index is 1.66. The van der Waals surface area contributed by atoms with Crippen molar-refractivity contribution < 1.29 is 26.1 Å². The van der Waals surface area contributed by atoms with E-state index in [2.05, 4.69) is 20.0 Å². The van der Waals surface area contributed by atoms with Crippen molar-refractivity contribution in [2.24, 2.45) is 0 Å². The third kappa shape index (κ3) is 6.47. The van der Waals surface area contributed by atoms with Crippen molar-refractivity contribution >= 4 is 21.8 Å². The summed E-state index contributed by atoms with van der Waals surface area (Å²) in [7, 11) is -3.52. The number of alkyl halides is 2. The first kappa shape index (κ1) is 20.6. The summed E-state index contributed by atoms with van der Waals surface area (Å²) in [4.78, 5) is 8.47. The third-order valence-electron chi connectivity index (χ3n) is 3.69. The van der Waals surface area contributed by atoms with Gasteiger partial charge in [0.05, 0.1) is 12.9 Å². The minimum atomic E-state index is -3.52. The van der Waals surface area contributed by atoms with Crippen molar-refractivity contribution in [3.05, 3.63) is 66.5 Å². The van der Waals surface area contributed by atoms with Gasteiger partial charge in [-0.15, -0.1) is 0 Å². The van der Waals surface area contributed by atoms with Crippen LogP contribution in [0.5, 0.6) is 5.75 Å². The van der Waals surface area contributed by atoms with E-state index < -0.39 is 16.7 Å². The Kier molecular flexibility index (Phi) is 6.35. The third-order valence-corrected chi connectivity index (χ3v) is 4.23. The SMILES string of the molecule is CS(=O)(=O)OCc1cccc(Nc2ncc(-c3ccc(OC(F)F)cc3)cn2)c1. The summed E-state index contributed by atoms with van der Waals surface area (Å²) >= 11 is 0. The first-order valence-corrected chi connectivity index (χ1v) is 10.2. The zero-order chi connectivity index (χ0) is 20.9. The summed E-state index contributed by atoms with van der Waals surface area (Å²) < 4.78 is 55.7. The standard InChI is InChI=1S/C19H17F2N3O4S/c1-29(25,26)27-12-13-3-2-4-16(9-13)24-19-22-10-15(11-23-19)14-5-7-17(8-6-14)28-18(20)21/h2-11,18H,12H2,1H3,(H,22,23,24). The average molecular weight is 421 g/mol. The molecule has 0 amide bonds. The number of halogens is 2. The first-order valence-electron chi connectivity index (χ1n) is 8.36. The zero-order valence-electron chi connectivity index (χ0n) is 15.2.